The average Bonchev–Trinajstić information content (AvgIpc) is 3.21. The normalized spacial score (nSPS) is 14.3. The maximum Gasteiger partial charge on any atom is 0.322 e. The SMILES string of the molecule is COc1ccc(N(C)c2nnc(CNC3CC3)o2)cc1. The molecule has 6 heteroatoms. The molecule has 0 bridgehead atoms. The van der Waals surface area contributed by atoms with Crippen molar-refractivity contribution in [1.82, 2.24) is 15.5 Å². The lowest BCUT2D eigenvalue weighted by Crippen LogP contribution is -2.15. The molecule has 1 fully saturated rings. The summed E-state index contributed by atoms with van der Waals surface area (Å²) in [5, 5.41) is 11.5. The van der Waals surface area contributed by atoms with Crippen molar-refractivity contribution >= 4 is 11.7 Å². The van der Waals surface area contributed by atoms with E-state index in [2.05, 4.69) is 15.5 Å². The Morgan fingerprint density at radius 3 is 2.70 bits per heavy atom. The van der Waals surface area contributed by atoms with Gasteiger partial charge in [0.05, 0.1) is 13.7 Å². The topological polar surface area (TPSA) is 63.4 Å². The molecule has 0 aliphatic heterocycles. The molecule has 1 heterocycles. The van der Waals surface area contributed by atoms with Crippen LogP contribution < -0.4 is 15.0 Å². The molecule has 1 saturated carbocycles. The molecule has 2 aromatic rings. The van der Waals surface area contributed by atoms with Gasteiger partial charge in [-0.25, -0.2) is 0 Å². The van der Waals surface area contributed by atoms with E-state index in [1.54, 1.807) is 7.11 Å². The van der Waals surface area contributed by atoms with E-state index in [1.807, 2.05) is 36.2 Å². The third kappa shape index (κ3) is 2.91. The fraction of sp³-hybridized carbons (Fsp3) is 0.429. The third-order valence-corrected chi connectivity index (χ3v) is 3.32. The first-order valence-corrected chi connectivity index (χ1v) is 6.70. The van der Waals surface area contributed by atoms with Gasteiger partial charge in [0.15, 0.2) is 0 Å². The van der Waals surface area contributed by atoms with Crippen LogP contribution in [0, 0.1) is 0 Å². The average molecular weight is 274 g/mol. The minimum Gasteiger partial charge on any atom is -0.497 e. The fourth-order valence-electron chi connectivity index (χ4n) is 1.89. The minimum absolute atomic E-state index is 0.489. The van der Waals surface area contributed by atoms with Crippen LogP contribution in [0.1, 0.15) is 18.7 Å². The van der Waals surface area contributed by atoms with Gasteiger partial charge in [0.25, 0.3) is 0 Å². The van der Waals surface area contributed by atoms with Crippen molar-refractivity contribution in [2.24, 2.45) is 0 Å². The number of rotatable bonds is 6. The van der Waals surface area contributed by atoms with Gasteiger partial charge in [0, 0.05) is 18.8 Å². The van der Waals surface area contributed by atoms with E-state index in [1.165, 1.54) is 12.8 Å². The number of hydrogen-bond acceptors (Lipinski definition) is 6. The van der Waals surface area contributed by atoms with Crippen molar-refractivity contribution in [2.45, 2.75) is 25.4 Å². The van der Waals surface area contributed by atoms with Gasteiger partial charge >= 0.3 is 6.01 Å². The second-order valence-electron chi connectivity index (χ2n) is 4.89. The molecule has 1 aromatic heterocycles. The molecule has 1 aliphatic carbocycles. The number of ether oxygens (including phenoxy) is 1. The quantitative estimate of drug-likeness (QED) is 0.870. The molecule has 0 atom stereocenters. The highest BCUT2D eigenvalue weighted by Gasteiger charge is 2.21. The maximum absolute atomic E-state index is 5.64. The molecule has 20 heavy (non-hydrogen) atoms. The Balaban J connectivity index is 1.66. The van der Waals surface area contributed by atoms with Crippen molar-refractivity contribution in [3.05, 3.63) is 30.2 Å². The Morgan fingerprint density at radius 2 is 2.05 bits per heavy atom. The van der Waals surface area contributed by atoms with E-state index in [4.69, 9.17) is 9.15 Å². The van der Waals surface area contributed by atoms with Crippen LogP contribution in [0.15, 0.2) is 28.7 Å². The zero-order valence-electron chi connectivity index (χ0n) is 11.7. The van der Waals surface area contributed by atoms with Gasteiger partial charge in [0.2, 0.25) is 5.89 Å². The highest BCUT2D eigenvalue weighted by molar-refractivity contribution is 5.56. The third-order valence-electron chi connectivity index (χ3n) is 3.32. The Kier molecular flexibility index (Phi) is 3.56. The molecule has 1 aromatic carbocycles. The first-order valence-electron chi connectivity index (χ1n) is 6.70. The summed E-state index contributed by atoms with van der Waals surface area (Å²) in [6.07, 6.45) is 2.49. The summed E-state index contributed by atoms with van der Waals surface area (Å²) in [6.45, 7) is 0.633. The molecule has 6 nitrogen and oxygen atoms in total. The van der Waals surface area contributed by atoms with Crippen molar-refractivity contribution in [3.63, 3.8) is 0 Å². The molecule has 0 saturated heterocycles. The van der Waals surface area contributed by atoms with E-state index in [0.717, 1.165) is 11.4 Å². The smallest absolute Gasteiger partial charge is 0.322 e. The van der Waals surface area contributed by atoms with Crippen LogP contribution in [0.5, 0.6) is 5.75 Å². The number of hydrogen-bond donors (Lipinski definition) is 1. The van der Waals surface area contributed by atoms with Gasteiger partial charge in [-0.3, -0.25) is 4.90 Å². The van der Waals surface area contributed by atoms with Crippen LogP contribution in [-0.4, -0.2) is 30.4 Å². The molecule has 1 aliphatic rings. The second-order valence-corrected chi connectivity index (χ2v) is 4.89. The van der Waals surface area contributed by atoms with Crippen LogP contribution in [0.2, 0.25) is 0 Å². The van der Waals surface area contributed by atoms with Crippen molar-refractivity contribution in [1.29, 1.82) is 0 Å². The zero-order chi connectivity index (χ0) is 13.9. The number of aromatic nitrogens is 2. The van der Waals surface area contributed by atoms with E-state index in [9.17, 15) is 0 Å². The van der Waals surface area contributed by atoms with Crippen molar-refractivity contribution in [2.75, 3.05) is 19.1 Å². The second kappa shape index (κ2) is 5.50. The van der Waals surface area contributed by atoms with Crippen LogP contribution in [0.3, 0.4) is 0 Å². The molecule has 0 radical (unpaired) electrons. The monoisotopic (exact) mass is 274 g/mol. The van der Waals surface area contributed by atoms with Crippen LogP contribution in [0.4, 0.5) is 11.7 Å². The van der Waals surface area contributed by atoms with Crippen LogP contribution >= 0.6 is 0 Å². The molecule has 1 N–H and O–H groups in total. The number of nitrogens with zero attached hydrogens (tertiary/aromatic N) is 3. The minimum atomic E-state index is 0.489. The number of nitrogens with one attached hydrogen (secondary N) is 1. The first kappa shape index (κ1) is 12.9. The lowest BCUT2D eigenvalue weighted by molar-refractivity contribution is 0.415. The molecule has 106 valence electrons. The van der Waals surface area contributed by atoms with Gasteiger partial charge in [-0.15, -0.1) is 5.10 Å². The van der Waals surface area contributed by atoms with E-state index >= 15 is 0 Å². The Bertz CT molecular complexity index is 563. The predicted octanol–water partition coefficient (Wildman–Crippen LogP) is 2.10. The van der Waals surface area contributed by atoms with E-state index in [-0.39, 0.29) is 0 Å². The maximum atomic E-state index is 5.64. The highest BCUT2D eigenvalue weighted by Crippen LogP contribution is 2.25. The summed E-state index contributed by atoms with van der Waals surface area (Å²) in [7, 11) is 3.54. The molecule has 0 spiro atoms. The zero-order valence-corrected chi connectivity index (χ0v) is 11.7. The summed E-state index contributed by atoms with van der Waals surface area (Å²) in [5.74, 6) is 1.44. The van der Waals surface area contributed by atoms with Gasteiger partial charge in [-0.2, -0.15) is 0 Å². The number of methoxy groups -OCH3 is 1. The van der Waals surface area contributed by atoms with Gasteiger partial charge in [-0.05, 0) is 37.1 Å². The summed E-state index contributed by atoms with van der Waals surface area (Å²) >= 11 is 0. The van der Waals surface area contributed by atoms with Gasteiger partial charge in [-0.1, -0.05) is 5.10 Å². The standard InChI is InChI=1S/C14H18N4O2/c1-18(11-5-7-12(19-2)8-6-11)14-17-16-13(20-14)9-15-10-3-4-10/h5-8,10,15H,3-4,9H2,1-2H3. The molecule has 0 amide bonds. The lowest BCUT2D eigenvalue weighted by atomic mass is 10.3. The van der Waals surface area contributed by atoms with Crippen LogP contribution in [0.25, 0.3) is 0 Å². The molecule has 0 unspecified atom stereocenters. The number of anilines is 2. The lowest BCUT2D eigenvalue weighted by Gasteiger charge is -2.14. The highest BCUT2D eigenvalue weighted by atomic mass is 16.5. The van der Waals surface area contributed by atoms with Gasteiger partial charge in [0.1, 0.15) is 5.75 Å². The summed E-state index contributed by atoms with van der Waals surface area (Å²) in [5.41, 5.74) is 0.969. The van der Waals surface area contributed by atoms with Crippen molar-refractivity contribution in [3.8, 4) is 5.75 Å². The molecule has 3 rings (SSSR count). The fourth-order valence-corrected chi connectivity index (χ4v) is 1.89. The number of benzene rings is 1. The van der Waals surface area contributed by atoms with Crippen LogP contribution in [-0.2, 0) is 6.54 Å². The Hall–Kier alpha value is -2.08. The molecular weight excluding hydrogens is 256 g/mol. The summed E-state index contributed by atoms with van der Waals surface area (Å²) in [4.78, 5) is 1.85. The first-order chi connectivity index (χ1) is 9.76. The largest absolute Gasteiger partial charge is 0.497 e. The predicted molar refractivity (Wildman–Crippen MR) is 75.2 cm³/mol. The van der Waals surface area contributed by atoms with E-state index < -0.39 is 0 Å². The summed E-state index contributed by atoms with van der Waals surface area (Å²) in [6, 6.07) is 8.82. The summed E-state index contributed by atoms with van der Waals surface area (Å²) < 4.78 is 10.8. The van der Waals surface area contributed by atoms with Gasteiger partial charge < -0.3 is 14.5 Å². The van der Waals surface area contributed by atoms with E-state index in [0.29, 0.717) is 24.5 Å². The van der Waals surface area contributed by atoms with Crippen molar-refractivity contribution < 1.29 is 9.15 Å². The Morgan fingerprint density at radius 1 is 1.30 bits per heavy atom. The Labute approximate surface area is 117 Å². The molecular formula is C14H18N4O2.